The molecule has 1 aromatic rings. The molecule has 0 spiro atoms. The number of urea groups is 1. The maximum Gasteiger partial charge on any atom is 0.319 e. The molecule has 19 heavy (non-hydrogen) atoms. The molecule has 1 heterocycles. The topological polar surface area (TPSA) is 83.4 Å². The molecule has 6 heteroatoms. The Balaban J connectivity index is 2.09. The van der Waals surface area contributed by atoms with Gasteiger partial charge in [-0.3, -0.25) is 0 Å². The summed E-state index contributed by atoms with van der Waals surface area (Å²) >= 11 is 0. The molecule has 0 aromatic heterocycles. The van der Waals surface area contributed by atoms with Crippen LogP contribution in [0.3, 0.4) is 0 Å². The number of nitrogens with one attached hydrogen (secondary N) is 2. The molecule has 2 amide bonds. The molecule has 0 radical (unpaired) electrons. The third-order valence-electron chi connectivity index (χ3n) is 2.87. The molecule has 0 saturated carbocycles. The number of carbonyl (C=O) groups excluding carboxylic acids is 1. The molecule has 1 aliphatic heterocycles. The minimum absolute atomic E-state index is 0.0141. The van der Waals surface area contributed by atoms with Crippen molar-refractivity contribution in [2.24, 2.45) is 0 Å². The summed E-state index contributed by atoms with van der Waals surface area (Å²) in [6, 6.07) is 6.68. The van der Waals surface area contributed by atoms with Crippen LogP contribution in [0, 0.1) is 11.3 Å². The Morgan fingerprint density at radius 1 is 1.58 bits per heavy atom. The highest BCUT2D eigenvalue weighted by molar-refractivity contribution is 5.92. The standard InChI is InChI=1S/C13H15N3O3/c1-18-11-4-2-3-9(7-14)12(11)16-13(17)15-10-5-6-19-8-10/h2-4,10H,5-6,8H2,1H3,(H2,15,16,17). The molecule has 0 bridgehead atoms. The van der Waals surface area contributed by atoms with Crippen molar-refractivity contribution >= 4 is 11.7 Å². The second kappa shape index (κ2) is 6.07. The molecule has 1 atom stereocenters. The van der Waals surface area contributed by atoms with Gasteiger partial charge < -0.3 is 20.1 Å². The number of nitrogens with zero attached hydrogens (tertiary/aromatic N) is 1. The van der Waals surface area contributed by atoms with E-state index in [1.165, 1.54) is 7.11 Å². The first-order valence-electron chi connectivity index (χ1n) is 5.97. The highest BCUT2D eigenvalue weighted by Crippen LogP contribution is 2.27. The van der Waals surface area contributed by atoms with Crippen LogP contribution in [0.1, 0.15) is 12.0 Å². The van der Waals surface area contributed by atoms with E-state index in [1.54, 1.807) is 18.2 Å². The summed E-state index contributed by atoms with van der Waals surface area (Å²) in [7, 11) is 1.49. The first-order chi connectivity index (χ1) is 9.24. The van der Waals surface area contributed by atoms with Crippen LogP contribution in [-0.4, -0.2) is 32.4 Å². The average Bonchev–Trinajstić information content (AvgIpc) is 2.91. The van der Waals surface area contributed by atoms with E-state index in [1.807, 2.05) is 6.07 Å². The second-order valence-electron chi connectivity index (χ2n) is 4.15. The summed E-state index contributed by atoms with van der Waals surface area (Å²) in [5.74, 6) is 0.455. The summed E-state index contributed by atoms with van der Waals surface area (Å²) in [6.45, 7) is 1.17. The highest BCUT2D eigenvalue weighted by atomic mass is 16.5. The molecule has 2 rings (SSSR count). The maximum absolute atomic E-state index is 11.9. The van der Waals surface area contributed by atoms with Crippen LogP contribution in [0.5, 0.6) is 5.75 Å². The van der Waals surface area contributed by atoms with E-state index in [9.17, 15) is 4.79 Å². The Bertz CT molecular complexity index is 504. The first-order valence-corrected chi connectivity index (χ1v) is 5.97. The zero-order valence-electron chi connectivity index (χ0n) is 10.6. The number of methoxy groups -OCH3 is 1. The second-order valence-corrected chi connectivity index (χ2v) is 4.15. The molecule has 1 fully saturated rings. The predicted molar refractivity (Wildman–Crippen MR) is 69.1 cm³/mol. The predicted octanol–water partition coefficient (Wildman–Crippen LogP) is 1.48. The number of hydrogen-bond acceptors (Lipinski definition) is 4. The Morgan fingerprint density at radius 2 is 2.42 bits per heavy atom. The third-order valence-corrected chi connectivity index (χ3v) is 2.87. The Morgan fingerprint density at radius 3 is 3.05 bits per heavy atom. The van der Waals surface area contributed by atoms with Gasteiger partial charge in [0.2, 0.25) is 0 Å². The number of anilines is 1. The summed E-state index contributed by atoms with van der Waals surface area (Å²) < 4.78 is 10.3. The SMILES string of the molecule is COc1cccc(C#N)c1NC(=O)NC1CCOC1. The largest absolute Gasteiger partial charge is 0.495 e. The van der Waals surface area contributed by atoms with Crippen LogP contribution in [0.25, 0.3) is 0 Å². The highest BCUT2D eigenvalue weighted by Gasteiger charge is 2.19. The average molecular weight is 261 g/mol. The van der Waals surface area contributed by atoms with Crippen molar-refractivity contribution in [1.82, 2.24) is 5.32 Å². The fourth-order valence-corrected chi connectivity index (χ4v) is 1.91. The molecule has 1 saturated heterocycles. The van der Waals surface area contributed by atoms with Crippen molar-refractivity contribution in [2.45, 2.75) is 12.5 Å². The summed E-state index contributed by atoms with van der Waals surface area (Å²) in [5, 5.41) is 14.5. The van der Waals surface area contributed by atoms with E-state index in [0.717, 1.165) is 6.42 Å². The Labute approximate surface area is 111 Å². The van der Waals surface area contributed by atoms with Crippen LogP contribution < -0.4 is 15.4 Å². The fourth-order valence-electron chi connectivity index (χ4n) is 1.91. The molecular weight excluding hydrogens is 246 g/mol. The lowest BCUT2D eigenvalue weighted by Gasteiger charge is -2.14. The van der Waals surface area contributed by atoms with Crippen LogP contribution in [0.2, 0.25) is 0 Å². The Kier molecular flexibility index (Phi) is 4.21. The van der Waals surface area contributed by atoms with E-state index in [0.29, 0.717) is 30.2 Å². The van der Waals surface area contributed by atoms with Crippen molar-refractivity contribution < 1.29 is 14.3 Å². The number of benzene rings is 1. The number of hydrogen-bond donors (Lipinski definition) is 2. The van der Waals surface area contributed by atoms with Gasteiger partial charge >= 0.3 is 6.03 Å². The molecule has 2 N–H and O–H groups in total. The van der Waals surface area contributed by atoms with Crippen molar-refractivity contribution in [1.29, 1.82) is 5.26 Å². The van der Waals surface area contributed by atoms with Gasteiger partial charge in [-0.05, 0) is 18.6 Å². The van der Waals surface area contributed by atoms with Crippen LogP contribution in [-0.2, 0) is 4.74 Å². The molecule has 100 valence electrons. The van der Waals surface area contributed by atoms with Gasteiger partial charge in [0.1, 0.15) is 17.5 Å². The van der Waals surface area contributed by atoms with Crippen LogP contribution in [0.15, 0.2) is 18.2 Å². The smallest absolute Gasteiger partial charge is 0.319 e. The van der Waals surface area contributed by atoms with Gasteiger partial charge in [-0.15, -0.1) is 0 Å². The van der Waals surface area contributed by atoms with Crippen molar-refractivity contribution in [3.63, 3.8) is 0 Å². The summed E-state index contributed by atoms with van der Waals surface area (Å²) in [6.07, 6.45) is 0.796. The number of rotatable bonds is 3. The number of amides is 2. The quantitative estimate of drug-likeness (QED) is 0.863. The molecule has 1 unspecified atom stereocenters. The fraction of sp³-hybridized carbons (Fsp3) is 0.385. The van der Waals surface area contributed by atoms with Gasteiger partial charge in [-0.25, -0.2) is 4.79 Å². The number of para-hydroxylation sites is 1. The van der Waals surface area contributed by atoms with Gasteiger partial charge in [0.25, 0.3) is 0 Å². The van der Waals surface area contributed by atoms with Gasteiger partial charge in [-0.1, -0.05) is 6.07 Å². The minimum Gasteiger partial charge on any atom is -0.495 e. The van der Waals surface area contributed by atoms with Crippen LogP contribution >= 0.6 is 0 Å². The number of carbonyl (C=O) groups is 1. The van der Waals surface area contributed by atoms with E-state index in [4.69, 9.17) is 14.7 Å². The molecule has 0 aliphatic carbocycles. The Hall–Kier alpha value is -2.26. The lowest BCUT2D eigenvalue weighted by molar-refractivity contribution is 0.189. The van der Waals surface area contributed by atoms with Crippen molar-refractivity contribution in [3.8, 4) is 11.8 Å². The normalized spacial score (nSPS) is 17.6. The zero-order valence-corrected chi connectivity index (χ0v) is 10.6. The molecule has 1 aromatic carbocycles. The zero-order chi connectivity index (χ0) is 13.7. The van der Waals surface area contributed by atoms with E-state index < -0.39 is 0 Å². The first kappa shape index (κ1) is 13.2. The van der Waals surface area contributed by atoms with Gasteiger partial charge in [-0.2, -0.15) is 5.26 Å². The van der Waals surface area contributed by atoms with Gasteiger partial charge in [0, 0.05) is 6.61 Å². The lowest BCUT2D eigenvalue weighted by Crippen LogP contribution is -2.38. The van der Waals surface area contributed by atoms with E-state index in [2.05, 4.69) is 10.6 Å². The maximum atomic E-state index is 11.9. The molecular formula is C13H15N3O3. The minimum atomic E-state index is -0.364. The monoisotopic (exact) mass is 261 g/mol. The van der Waals surface area contributed by atoms with Gasteiger partial charge in [0.05, 0.1) is 25.3 Å². The van der Waals surface area contributed by atoms with Crippen molar-refractivity contribution in [2.75, 3.05) is 25.6 Å². The molecule has 6 nitrogen and oxygen atoms in total. The lowest BCUT2D eigenvalue weighted by atomic mass is 10.2. The summed E-state index contributed by atoms with van der Waals surface area (Å²) in [4.78, 5) is 11.9. The molecule has 1 aliphatic rings. The van der Waals surface area contributed by atoms with Crippen LogP contribution in [0.4, 0.5) is 10.5 Å². The number of ether oxygens (including phenoxy) is 2. The van der Waals surface area contributed by atoms with Crippen molar-refractivity contribution in [3.05, 3.63) is 23.8 Å². The summed E-state index contributed by atoms with van der Waals surface area (Å²) in [5.41, 5.74) is 0.737. The van der Waals surface area contributed by atoms with E-state index >= 15 is 0 Å². The van der Waals surface area contributed by atoms with Gasteiger partial charge in [0.15, 0.2) is 0 Å². The number of nitriles is 1. The third kappa shape index (κ3) is 3.14. The van der Waals surface area contributed by atoms with E-state index in [-0.39, 0.29) is 12.1 Å².